The molecule has 10 nitrogen and oxygen atoms in total. The number of benzene rings is 1. The number of hydrogen-bond acceptors (Lipinski definition) is 7. The molecule has 2 amide bonds. The van der Waals surface area contributed by atoms with Gasteiger partial charge in [-0.25, -0.2) is 13.4 Å². The van der Waals surface area contributed by atoms with Crippen molar-refractivity contribution in [2.24, 2.45) is 0 Å². The molecule has 1 aromatic heterocycles. The van der Waals surface area contributed by atoms with Crippen molar-refractivity contribution in [2.75, 3.05) is 57.1 Å². The average Bonchev–Trinajstić information content (AvgIpc) is 2.74. The number of likely N-dealkylation sites (N-methyl/N-ethyl adjacent to an activating group) is 1. The minimum absolute atomic E-state index is 0.0114. The highest BCUT2D eigenvalue weighted by Crippen LogP contribution is 2.19. The van der Waals surface area contributed by atoms with Crippen LogP contribution in [0.2, 0.25) is 0 Å². The second kappa shape index (κ2) is 10.6. The highest BCUT2D eigenvalue weighted by atomic mass is 32.2. The summed E-state index contributed by atoms with van der Waals surface area (Å²) in [5, 5.41) is 5.40. The van der Waals surface area contributed by atoms with Crippen LogP contribution in [-0.2, 0) is 24.3 Å². The fourth-order valence-corrected chi connectivity index (χ4v) is 4.59. The van der Waals surface area contributed by atoms with E-state index >= 15 is 0 Å². The molecule has 0 aliphatic carbocycles. The maximum absolute atomic E-state index is 12.7. The van der Waals surface area contributed by atoms with Crippen LogP contribution in [0.3, 0.4) is 0 Å². The molecule has 1 aliphatic heterocycles. The Morgan fingerprint density at radius 3 is 2.31 bits per heavy atom. The number of rotatable bonds is 8. The topological polar surface area (TPSA) is 121 Å². The summed E-state index contributed by atoms with van der Waals surface area (Å²) < 4.78 is 31.9. The molecule has 3 rings (SSSR count). The predicted molar refractivity (Wildman–Crippen MR) is 120 cm³/mol. The van der Waals surface area contributed by atoms with E-state index in [0.717, 1.165) is 5.56 Å². The third-order valence-corrected chi connectivity index (χ3v) is 6.67. The Balaban J connectivity index is 1.49. The number of amides is 2. The van der Waals surface area contributed by atoms with Gasteiger partial charge in [0.1, 0.15) is 5.82 Å². The van der Waals surface area contributed by atoms with Crippen LogP contribution in [-0.4, -0.2) is 80.9 Å². The normalized spacial score (nSPS) is 14.8. The number of aromatic nitrogens is 1. The van der Waals surface area contributed by atoms with Gasteiger partial charge in [-0.15, -0.1) is 0 Å². The van der Waals surface area contributed by atoms with Gasteiger partial charge in [0.2, 0.25) is 21.8 Å². The molecule has 2 aromatic rings. The van der Waals surface area contributed by atoms with Crippen LogP contribution < -0.4 is 10.6 Å². The zero-order chi connectivity index (χ0) is 23.1. The standard InChI is InChI=1S/C21H27N5O5S/c1-16-7-8-22-19(13-16)24-21(28)15-25(2)14-20(27)23-17-3-5-18(6-4-17)32(29,30)26-9-11-31-12-10-26/h3-8,13H,9-12,14-15H2,1-2H3,(H,23,27)(H,22,24,28). The quantitative estimate of drug-likeness (QED) is 0.600. The lowest BCUT2D eigenvalue weighted by molar-refractivity contribution is -0.119. The number of pyridine rings is 1. The lowest BCUT2D eigenvalue weighted by Gasteiger charge is -2.26. The number of carbonyl (C=O) groups is 2. The zero-order valence-electron chi connectivity index (χ0n) is 18.1. The number of ether oxygens (including phenoxy) is 1. The van der Waals surface area contributed by atoms with Crippen molar-refractivity contribution in [1.29, 1.82) is 0 Å². The van der Waals surface area contributed by atoms with Crippen LogP contribution in [0.25, 0.3) is 0 Å². The second-order valence-electron chi connectivity index (χ2n) is 7.53. The first kappa shape index (κ1) is 23.8. The maximum Gasteiger partial charge on any atom is 0.243 e. The van der Waals surface area contributed by atoms with Crippen LogP contribution in [0.4, 0.5) is 11.5 Å². The molecule has 0 bridgehead atoms. The molecule has 1 saturated heterocycles. The fourth-order valence-electron chi connectivity index (χ4n) is 3.18. The van der Waals surface area contributed by atoms with E-state index in [9.17, 15) is 18.0 Å². The van der Waals surface area contributed by atoms with Gasteiger partial charge < -0.3 is 15.4 Å². The fraction of sp³-hybridized carbons (Fsp3) is 0.381. The summed E-state index contributed by atoms with van der Waals surface area (Å²) in [6, 6.07) is 9.60. The number of carbonyl (C=O) groups excluding carboxylic acids is 2. The van der Waals surface area contributed by atoms with Crippen LogP contribution in [0.5, 0.6) is 0 Å². The number of hydrogen-bond donors (Lipinski definition) is 2. The summed E-state index contributed by atoms with van der Waals surface area (Å²) in [6.45, 7) is 3.29. The Bertz CT molecular complexity index is 1050. The molecule has 32 heavy (non-hydrogen) atoms. The van der Waals surface area contributed by atoms with Crippen molar-refractivity contribution in [3.05, 3.63) is 48.2 Å². The number of anilines is 2. The molecule has 0 spiro atoms. The minimum atomic E-state index is -3.59. The van der Waals surface area contributed by atoms with E-state index in [-0.39, 0.29) is 29.8 Å². The molecule has 172 valence electrons. The Labute approximate surface area is 187 Å². The molecule has 1 fully saturated rings. The highest BCUT2D eigenvalue weighted by molar-refractivity contribution is 7.89. The van der Waals surface area contributed by atoms with E-state index in [1.807, 2.05) is 13.0 Å². The lowest BCUT2D eigenvalue weighted by Crippen LogP contribution is -2.40. The van der Waals surface area contributed by atoms with Gasteiger partial charge in [-0.1, -0.05) is 0 Å². The highest BCUT2D eigenvalue weighted by Gasteiger charge is 2.26. The third kappa shape index (κ3) is 6.57. The molecule has 2 heterocycles. The first-order valence-electron chi connectivity index (χ1n) is 10.1. The minimum Gasteiger partial charge on any atom is -0.379 e. The van der Waals surface area contributed by atoms with E-state index in [1.54, 1.807) is 36.3 Å². The molecule has 2 N–H and O–H groups in total. The molecule has 1 aromatic carbocycles. The van der Waals surface area contributed by atoms with Crippen molar-refractivity contribution < 1.29 is 22.7 Å². The molecule has 11 heteroatoms. The van der Waals surface area contributed by atoms with Gasteiger partial charge in [-0.3, -0.25) is 14.5 Å². The Morgan fingerprint density at radius 1 is 1.06 bits per heavy atom. The maximum atomic E-state index is 12.7. The molecule has 0 radical (unpaired) electrons. The van der Waals surface area contributed by atoms with E-state index < -0.39 is 10.0 Å². The number of morpholine rings is 1. The zero-order valence-corrected chi connectivity index (χ0v) is 18.9. The summed E-state index contributed by atoms with van der Waals surface area (Å²) in [5.74, 6) is -0.145. The van der Waals surface area contributed by atoms with Gasteiger partial charge >= 0.3 is 0 Å². The van der Waals surface area contributed by atoms with Gasteiger partial charge in [-0.05, 0) is 55.9 Å². The van der Waals surface area contributed by atoms with E-state index in [2.05, 4.69) is 15.6 Å². The Hall–Kier alpha value is -2.86. The first-order valence-corrected chi connectivity index (χ1v) is 11.6. The largest absolute Gasteiger partial charge is 0.379 e. The summed E-state index contributed by atoms with van der Waals surface area (Å²) in [7, 11) is -1.93. The lowest BCUT2D eigenvalue weighted by atomic mass is 10.3. The summed E-state index contributed by atoms with van der Waals surface area (Å²) in [6.07, 6.45) is 1.61. The van der Waals surface area contributed by atoms with Gasteiger partial charge in [0, 0.05) is 25.0 Å². The summed E-state index contributed by atoms with van der Waals surface area (Å²) in [5.41, 5.74) is 1.45. The van der Waals surface area contributed by atoms with Crippen LogP contribution in [0.15, 0.2) is 47.5 Å². The van der Waals surface area contributed by atoms with Crippen molar-refractivity contribution in [1.82, 2.24) is 14.2 Å². The summed E-state index contributed by atoms with van der Waals surface area (Å²) in [4.78, 5) is 30.2. The van der Waals surface area contributed by atoms with Gasteiger partial charge in [0.25, 0.3) is 0 Å². The van der Waals surface area contributed by atoms with E-state index in [4.69, 9.17) is 4.74 Å². The van der Waals surface area contributed by atoms with Crippen molar-refractivity contribution >= 4 is 33.3 Å². The first-order chi connectivity index (χ1) is 15.2. The monoisotopic (exact) mass is 461 g/mol. The molecule has 0 atom stereocenters. The van der Waals surface area contributed by atoms with E-state index in [1.165, 1.54) is 16.4 Å². The molecular weight excluding hydrogens is 434 g/mol. The van der Waals surface area contributed by atoms with Gasteiger partial charge in [-0.2, -0.15) is 4.31 Å². The number of aryl methyl sites for hydroxylation is 1. The number of nitrogens with zero attached hydrogens (tertiary/aromatic N) is 3. The summed E-state index contributed by atoms with van der Waals surface area (Å²) >= 11 is 0. The van der Waals surface area contributed by atoms with Crippen molar-refractivity contribution in [2.45, 2.75) is 11.8 Å². The second-order valence-corrected chi connectivity index (χ2v) is 9.47. The Morgan fingerprint density at radius 2 is 1.69 bits per heavy atom. The van der Waals surface area contributed by atoms with Crippen molar-refractivity contribution in [3.8, 4) is 0 Å². The molecule has 1 aliphatic rings. The third-order valence-electron chi connectivity index (χ3n) is 4.76. The van der Waals surface area contributed by atoms with Crippen molar-refractivity contribution in [3.63, 3.8) is 0 Å². The molecule has 0 unspecified atom stereocenters. The molecular formula is C21H27N5O5S. The SMILES string of the molecule is Cc1ccnc(NC(=O)CN(C)CC(=O)Nc2ccc(S(=O)(=O)N3CCOCC3)cc2)c1. The number of sulfonamides is 1. The van der Waals surface area contributed by atoms with Gasteiger partial charge in [0.15, 0.2) is 0 Å². The smallest absolute Gasteiger partial charge is 0.243 e. The number of nitrogens with one attached hydrogen (secondary N) is 2. The average molecular weight is 462 g/mol. The van der Waals surface area contributed by atoms with Crippen LogP contribution >= 0.6 is 0 Å². The van der Waals surface area contributed by atoms with Crippen LogP contribution in [0, 0.1) is 6.92 Å². The molecule has 0 saturated carbocycles. The van der Waals surface area contributed by atoms with Gasteiger partial charge in [0.05, 0.1) is 31.2 Å². The Kier molecular flexibility index (Phi) is 7.91. The van der Waals surface area contributed by atoms with E-state index in [0.29, 0.717) is 37.8 Å². The van der Waals surface area contributed by atoms with Crippen LogP contribution in [0.1, 0.15) is 5.56 Å². The predicted octanol–water partition coefficient (Wildman–Crippen LogP) is 0.920.